The monoisotopic (exact) mass is 423 g/mol. The molecule has 0 spiro atoms. The van der Waals surface area contributed by atoms with Gasteiger partial charge in [-0.1, -0.05) is 33.6 Å². The van der Waals surface area contributed by atoms with Crippen molar-refractivity contribution in [2.24, 2.45) is 0 Å². The fourth-order valence-electron chi connectivity index (χ4n) is 2.35. The summed E-state index contributed by atoms with van der Waals surface area (Å²) in [4.78, 5) is 0. The summed E-state index contributed by atoms with van der Waals surface area (Å²) in [5, 5.41) is 3.67. The number of hydrogen-bond acceptors (Lipinski definition) is 3. The van der Waals surface area contributed by atoms with Crippen molar-refractivity contribution in [3.63, 3.8) is 0 Å². The Kier molecular flexibility index (Phi) is 6.13. The molecule has 3 aromatic rings. The fourth-order valence-corrected chi connectivity index (χ4v) is 2.99. The van der Waals surface area contributed by atoms with E-state index in [1.165, 1.54) is 12.1 Å². The van der Waals surface area contributed by atoms with Crippen molar-refractivity contribution in [2.75, 3.05) is 0 Å². The molecule has 1 heterocycles. The van der Waals surface area contributed by atoms with Gasteiger partial charge in [0.1, 0.15) is 23.9 Å². The van der Waals surface area contributed by atoms with Crippen molar-refractivity contribution in [3.05, 3.63) is 87.0 Å². The van der Waals surface area contributed by atoms with E-state index in [0.29, 0.717) is 18.1 Å². The van der Waals surface area contributed by atoms with Gasteiger partial charge in [-0.25, -0.2) is 4.39 Å². The van der Waals surface area contributed by atoms with E-state index in [0.717, 1.165) is 27.1 Å². The van der Waals surface area contributed by atoms with Crippen LogP contribution in [-0.4, -0.2) is 0 Å². The topological polar surface area (TPSA) is 34.4 Å². The zero-order chi connectivity index (χ0) is 17.6. The molecule has 0 atom stereocenters. The van der Waals surface area contributed by atoms with E-state index in [1.807, 2.05) is 30.3 Å². The highest BCUT2D eigenvalue weighted by Gasteiger charge is 2.08. The zero-order valence-electron chi connectivity index (χ0n) is 13.3. The van der Waals surface area contributed by atoms with Crippen LogP contribution in [-0.2, 0) is 19.7 Å². The quantitative estimate of drug-likeness (QED) is 0.528. The van der Waals surface area contributed by atoms with Crippen LogP contribution in [0.5, 0.6) is 5.75 Å². The number of nitrogens with one attached hydrogen (secondary N) is 1. The minimum atomic E-state index is -0.361. The smallest absolute Gasteiger partial charge is 0.124 e. The Morgan fingerprint density at radius 1 is 1.08 bits per heavy atom. The lowest BCUT2D eigenvalue weighted by atomic mass is 10.2. The van der Waals surface area contributed by atoms with Crippen LogP contribution >= 0.6 is 27.5 Å². The normalized spacial score (nSPS) is 10.8. The maximum absolute atomic E-state index is 13.1. The van der Waals surface area contributed by atoms with E-state index in [2.05, 4.69) is 21.2 Å². The van der Waals surface area contributed by atoms with Crippen molar-refractivity contribution in [1.82, 2.24) is 5.32 Å². The maximum atomic E-state index is 13.1. The first-order valence-electron chi connectivity index (χ1n) is 7.70. The molecule has 25 heavy (non-hydrogen) atoms. The van der Waals surface area contributed by atoms with Crippen LogP contribution in [0, 0.1) is 5.82 Å². The summed E-state index contributed by atoms with van der Waals surface area (Å²) in [6.07, 6.45) is 1.65. The average Bonchev–Trinajstić information content (AvgIpc) is 3.09. The van der Waals surface area contributed by atoms with Gasteiger partial charge in [-0.05, 0) is 42.5 Å². The van der Waals surface area contributed by atoms with Gasteiger partial charge in [-0.15, -0.1) is 0 Å². The molecule has 2 aromatic carbocycles. The predicted molar refractivity (Wildman–Crippen MR) is 99.1 cm³/mol. The summed E-state index contributed by atoms with van der Waals surface area (Å²) in [5.74, 6) is 1.26. The number of halogens is 3. The first kappa shape index (κ1) is 18.0. The van der Waals surface area contributed by atoms with Crippen molar-refractivity contribution in [3.8, 4) is 5.75 Å². The largest absolute Gasteiger partial charge is 0.489 e. The van der Waals surface area contributed by atoms with Gasteiger partial charge in [0.2, 0.25) is 0 Å². The van der Waals surface area contributed by atoms with Crippen LogP contribution in [0.3, 0.4) is 0 Å². The number of furan rings is 1. The fraction of sp³-hybridized carbons (Fsp3) is 0.158. The van der Waals surface area contributed by atoms with Crippen LogP contribution in [0.25, 0.3) is 0 Å². The molecule has 3 rings (SSSR count). The van der Waals surface area contributed by atoms with E-state index >= 15 is 0 Å². The lowest BCUT2D eigenvalue weighted by molar-refractivity contribution is 0.301. The Bertz CT molecular complexity index is 839. The lowest BCUT2D eigenvalue weighted by Crippen LogP contribution is -2.13. The van der Waals surface area contributed by atoms with E-state index in [9.17, 15) is 4.39 Å². The Morgan fingerprint density at radius 2 is 1.96 bits per heavy atom. The van der Waals surface area contributed by atoms with Gasteiger partial charge in [0.05, 0.1) is 17.8 Å². The highest BCUT2D eigenvalue weighted by molar-refractivity contribution is 9.10. The van der Waals surface area contributed by atoms with Crippen LogP contribution in [0.4, 0.5) is 4.39 Å². The SMILES string of the molecule is Fc1ccc(COc2ccc(Br)cc2CNCc2ccco2)c(Cl)c1. The molecule has 0 bridgehead atoms. The minimum Gasteiger partial charge on any atom is -0.489 e. The van der Waals surface area contributed by atoms with Crippen LogP contribution in [0.15, 0.2) is 63.7 Å². The molecule has 0 fully saturated rings. The zero-order valence-corrected chi connectivity index (χ0v) is 15.6. The third-order valence-corrected chi connectivity index (χ3v) is 4.46. The van der Waals surface area contributed by atoms with Crippen molar-refractivity contribution < 1.29 is 13.5 Å². The van der Waals surface area contributed by atoms with Crippen LogP contribution < -0.4 is 10.1 Å². The second-order valence-corrected chi connectivity index (χ2v) is 6.78. The molecule has 0 amide bonds. The number of ether oxygens (including phenoxy) is 1. The van der Waals surface area contributed by atoms with Crippen LogP contribution in [0.1, 0.15) is 16.9 Å². The van der Waals surface area contributed by atoms with Gasteiger partial charge >= 0.3 is 0 Å². The molecule has 1 N–H and O–H groups in total. The molecule has 0 aliphatic rings. The first-order chi connectivity index (χ1) is 12.1. The van der Waals surface area contributed by atoms with E-state index in [-0.39, 0.29) is 12.4 Å². The van der Waals surface area contributed by atoms with Gasteiger partial charge in [0, 0.05) is 22.1 Å². The van der Waals surface area contributed by atoms with Gasteiger partial charge < -0.3 is 14.5 Å². The predicted octanol–water partition coefficient (Wildman–Crippen LogP) is 5.70. The molecule has 1 aromatic heterocycles. The third kappa shape index (κ3) is 5.08. The summed E-state index contributed by atoms with van der Waals surface area (Å²) < 4.78 is 25.3. The molecule has 0 saturated carbocycles. The van der Waals surface area contributed by atoms with Gasteiger partial charge in [0.15, 0.2) is 0 Å². The summed E-state index contributed by atoms with van der Waals surface area (Å²) in [7, 11) is 0. The van der Waals surface area contributed by atoms with E-state index in [4.69, 9.17) is 20.8 Å². The second kappa shape index (κ2) is 8.52. The molecule has 0 radical (unpaired) electrons. The molecule has 0 unspecified atom stereocenters. The Morgan fingerprint density at radius 3 is 2.72 bits per heavy atom. The number of hydrogen-bond donors (Lipinski definition) is 1. The number of rotatable bonds is 7. The highest BCUT2D eigenvalue weighted by Crippen LogP contribution is 2.26. The van der Waals surface area contributed by atoms with Crippen molar-refractivity contribution in [1.29, 1.82) is 0 Å². The average molecular weight is 425 g/mol. The summed E-state index contributed by atoms with van der Waals surface area (Å²) in [6.45, 7) is 1.52. The summed E-state index contributed by atoms with van der Waals surface area (Å²) in [5.41, 5.74) is 1.74. The van der Waals surface area contributed by atoms with Gasteiger partial charge in [-0.3, -0.25) is 0 Å². The van der Waals surface area contributed by atoms with Crippen molar-refractivity contribution >= 4 is 27.5 Å². The Balaban J connectivity index is 1.65. The number of benzene rings is 2. The van der Waals surface area contributed by atoms with E-state index in [1.54, 1.807) is 12.3 Å². The molecular formula is C19H16BrClFNO2. The standard InChI is InChI=1S/C19H16BrClFNO2/c20-15-4-6-19(25-12-13-3-5-16(22)9-18(13)21)14(8-15)10-23-11-17-2-1-7-24-17/h1-9,23H,10-12H2. The van der Waals surface area contributed by atoms with Crippen molar-refractivity contribution in [2.45, 2.75) is 19.7 Å². The first-order valence-corrected chi connectivity index (χ1v) is 8.87. The lowest BCUT2D eigenvalue weighted by Gasteiger charge is -2.13. The van der Waals surface area contributed by atoms with Crippen LogP contribution in [0.2, 0.25) is 5.02 Å². The molecule has 0 saturated heterocycles. The maximum Gasteiger partial charge on any atom is 0.124 e. The Hall–Kier alpha value is -1.82. The summed E-state index contributed by atoms with van der Waals surface area (Å²) >= 11 is 9.53. The molecule has 130 valence electrons. The Labute approximate surface area is 158 Å². The second-order valence-electron chi connectivity index (χ2n) is 5.46. The molecule has 0 aliphatic carbocycles. The minimum absolute atomic E-state index is 0.270. The highest BCUT2D eigenvalue weighted by atomic mass is 79.9. The molecule has 6 heteroatoms. The molecule has 0 aliphatic heterocycles. The molecule has 3 nitrogen and oxygen atoms in total. The molecular weight excluding hydrogens is 409 g/mol. The van der Waals surface area contributed by atoms with E-state index < -0.39 is 0 Å². The third-order valence-electron chi connectivity index (χ3n) is 3.62. The van der Waals surface area contributed by atoms with Gasteiger partial charge in [-0.2, -0.15) is 0 Å². The summed E-state index contributed by atoms with van der Waals surface area (Å²) in [6, 6.07) is 13.9. The van der Waals surface area contributed by atoms with Gasteiger partial charge in [0.25, 0.3) is 0 Å².